The SMILES string of the molecule is CCC(CNCC(C)C)CC(C)OC. The summed E-state index contributed by atoms with van der Waals surface area (Å²) in [4.78, 5) is 0. The van der Waals surface area contributed by atoms with Crippen LogP contribution in [0.25, 0.3) is 0 Å². The van der Waals surface area contributed by atoms with Gasteiger partial charge in [0, 0.05) is 7.11 Å². The van der Waals surface area contributed by atoms with Crippen molar-refractivity contribution in [1.82, 2.24) is 5.32 Å². The molecule has 0 rings (SSSR count). The van der Waals surface area contributed by atoms with Gasteiger partial charge in [-0.1, -0.05) is 27.2 Å². The Morgan fingerprint density at radius 1 is 1.14 bits per heavy atom. The fourth-order valence-corrected chi connectivity index (χ4v) is 1.54. The molecule has 86 valence electrons. The van der Waals surface area contributed by atoms with E-state index in [1.807, 2.05) is 0 Å². The normalized spacial score (nSPS) is 15.9. The number of methoxy groups -OCH3 is 1. The molecular weight excluding hydrogens is 174 g/mol. The fraction of sp³-hybridized carbons (Fsp3) is 1.00. The molecule has 0 aliphatic carbocycles. The van der Waals surface area contributed by atoms with E-state index in [-0.39, 0.29) is 0 Å². The van der Waals surface area contributed by atoms with Gasteiger partial charge < -0.3 is 10.1 Å². The summed E-state index contributed by atoms with van der Waals surface area (Å²) in [6, 6.07) is 0. The molecule has 0 aliphatic heterocycles. The maximum atomic E-state index is 5.28. The summed E-state index contributed by atoms with van der Waals surface area (Å²) in [5.74, 6) is 1.50. The number of nitrogens with one attached hydrogen (secondary N) is 1. The highest BCUT2D eigenvalue weighted by Crippen LogP contribution is 2.11. The Morgan fingerprint density at radius 2 is 1.79 bits per heavy atom. The van der Waals surface area contributed by atoms with E-state index < -0.39 is 0 Å². The molecule has 0 saturated carbocycles. The van der Waals surface area contributed by atoms with Crippen LogP contribution in [0.3, 0.4) is 0 Å². The highest BCUT2D eigenvalue weighted by Gasteiger charge is 2.10. The highest BCUT2D eigenvalue weighted by atomic mass is 16.5. The van der Waals surface area contributed by atoms with E-state index in [1.54, 1.807) is 7.11 Å². The maximum Gasteiger partial charge on any atom is 0.0546 e. The largest absolute Gasteiger partial charge is 0.382 e. The lowest BCUT2D eigenvalue weighted by Gasteiger charge is -2.19. The van der Waals surface area contributed by atoms with Crippen LogP contribution in [0.15, 0.2) is 0 Å². The minimum absolute atomic E-state index is 0.390. The van der Waals surface area contributed by atoms with Gasteiger partial charge in [0.2, 0.25) is 0 Å². The molecule has 0 aromatic rings. The van der Waals surface area contributed by atoms with Crippen molar-refractivity contribution in [2.45, 2.75) is 46.6 Å². The molecule has 0 fully saturated rings. The highest BCUT2D eigenvalue weighted by molar-refractivity contribution is 4.65. The molecule has 1 N–H and O–H groups in total. The van der Waals surface area contributed by atoms with E-state index in [0.29, 0.717) is 6.10 Å². The van der Waals surface area contributed by atoms with Crippen LogP contribution < -0.4 is 5.32 Å². The summed E-state index contributed by atoms with van der Waals surface area (Å²) < 4.78 is 5.28. The summed E-state index contributed by atoms with van der Waals surface area (Å²) >= 11 is 0. The van der Waals surface area contributed by atoms with E-state index in [0.717, 1.165) is 31.3 Å². The van der Waals surface area contributed by atoms with Crippen molar-refractivity contribution in [3.8, 4) is 0 Å². The Kier molecular flexibility index (Phi) is 8.20. The number of ether oxygens (including phenoxy) is 1. The lowest BCUT2D eigenvalue weighted by atomic mass is 9.99. The second kappa shape index (κ2) is 8.25. The van der Waals surface area contributed by atoms with Gasteiger partial charge >= 0.3 is 0 Å². The van der Waals surface area contributed by atoms with Crippen LogP contribution >= 0.6 is 0 Å². The number of rotatable bonds is 8. The van der Waals surface area contributed by atoms with Crippen LogP contribution in [0.1, 0.15) is 40.5 Å². The Labute approximate surface area is 89.4 Å². The van der Waals surface area contributed by atoms with Gasteiger partial charge in [-0.3, -0.25) is 0 Å². The van der Waals surface area contributed by atoms with Crippen molar-refractivity contribution < 1.29 is 4.74 Å². The number of hydrogen-bond donors (Lipinski definition) is 1. The van der Waals surface area contributed by atoms with E-state index in [4.69, 9.17) is 4.74 Å². The van der Waals surface area contributed by atoms with E-state index >= 15 is 0 Å². The van der Waals surface area contributed by atoms with Gasteiger partial charge in [-0.25, -0.2) is 0 Å². The van der Waals surface area contributed by atoms with Crippen molar-refractivity contribution in [2.75, 3.05) is 20.2 Å². The maximum absolute atomic E-state index is 5.28. The Balaban J connectivity index is 3.57. The standard InChI is InChI=1S/C12H27NO/c1-6-12(7-11(4)14-5)9-13-8-10(2)3/h10-13H,6-9H2,1-5H3. The van der Waals surface area contributed by atoms with Crippen molar-refractivity contribution in [3.05, 3.63) is 0 Å². The van der Waals surface area contributed by atoms with Crippen LogP contribution in [0, 0.1) is 11.8 Å². The lowest BCUT2D eigenvalue weighted by Crippen LogP contribution is -2.28. The summed E-state index contributed by atoms with van der Waals surface area (Å²) in [5, 5.41) is 3.51. The molecule has 0 bridgehead atoms. The predicted octanol–water partition coefficient (Wildman–Crippen LogP) is 2.68. The molecule has 2 nitrogen and oxygen atoms in total. The average Bonchev–Trinajstić information content (AvgIpc) is 2.15. The first-order chi connectivity index (χ1) is 6.60. The molecule has 0 heterocycles. The molecule has 0 aromatic carbocycles. The molecule has 0 amide bonds. The molecule has 14 heavy (non-hydrogen) atoms. The molecule has 0 aromatic heterocycles. The summed E-state index contributed by atoms with van der Waals surface area (Å²) in [6.45, 7) is 11.1. The zero-order valence-corrected chi connectivity index (χ0v) is 10.5. The molecule has 0 saturated heterocycles. The summed E-state index contributed by atoms with van der Waals surface area (Å²) in [6.07, 6.45) is 2.79. The minimum atomic E-state index is 0.390. The number of hydrogen-bond acceptors (Lipinski definition) is 2. The molecule has 0 aliphatic rings. The van der Waals surface area contributed by atoms with Gasteiger partial charge in [-0.15, -0.1) is 0 Å². The second-order valence-electron chi connectivity index (χ2n) is 4.61. The van der Waals surface area contributed by atoms with Crippen molar-refractivity contribution in [1.29, 1.82) is 0 Å². The summed E-state index contributed by atoms with van der Waals surface area (Å²) in [7, 11) is 1.79. The van der Waals surface area contributed by atoms with Gasteiger partial charge in [0.25, 0.3) is 0 Å². The Morgan fingerprint density at radius 3 is 2.21 bits per heavy atom. The van der Waals surface area contributed by atoms with Crippen molar-refractivity contribution in [2.24, 2.45) is 11.8 Å². The van der Waals surface area contributed by atoms with Crippen molar-refractivity contribution in [3.63, 3.8) is 0 Å². The minimum Gasteiger partial charge on any atom is -0.382 e. The molecule has 2 atom stereocenters. The molecule has 0 spiro atoms. The third kappa shape index (κ3) is 7.34. The quantitative estimate of drug-likeness (QED) is 0.652. The fourth-order valence-electron chi connectivity index (χ4n) is 1.54. The second-order valence-corrected chi connectivity index (χ2v) is 4.61. The van der Waals surface area contributed by atoms with Crippen LogP contribution in [0.5, 0.6) is 0 Å². The zero-order chi connectivity index (χ0) is 11.0. The smallest absolute Gasteiger partial charge is 0.0546 e. The first-order valence-electron chi connectivity index (χ1n) is 5.83. The molecular formula is C12H27NO. The molecule has 2 heteroatoms. The predicted molar refractivity (Wildman–Crippen MR) is 62.6 cm³/mol. The monoisotopic (exact) mass is 201 g/mol. The van der Waals surface area contributed by atoms with Crippen LogP contribution in [-0.4, -0.2) is 26.3 Å². The van der Waals surface area contributed by atoms with Crippen LogP contribution in [0.2, 0.25) is 0 Å². The van der Waals surface area contributed by atoms with Gasteiger partial charge in [-0.2, -0.15) is 0 Å². The van der Waals surface area contributed by atoms with Gasteiger partial charge in [0.15, 0.2) is 0 Å². The first kappa shape index (κ1) is 13.9. The molecule has 2 unspecified atom stereocenters. The topological polar surface area (TPSA) is 21.3 Å². The molecule has 0 radical (unpaired) electrons. The third-order valence-electron chi connectivity index (χ3n) is 2.63. The lowest BCUT2D eigenvalue weighted by molar-refractivity contribution is 0.0938. The van der Waals surface area contributed by atoms with Gasteiger partial charge in [0.1, 0.15) is 0 Å². The van der Waals surface area contributed by atoms with Crippen molar-refractivity contribution >= 4 is 0 Å². The summed E-state index contributed by atoms with van der Waals surface area (Å²) in [5.41, 5.74) is 0. The van der Waals surface area contributed by atoms with Gasteiger partial charge in [0.05, 0.1) is 6.10 Å². The van der Waals surface area contributed by atoms with Gasteiger partial charge in [-0.05, 0) is 38.3 Å². The zero-order valence-electron chi connectivity index (χ0n) is 10.5. The average molecular weight is 201 g/mol. The van der Waals surface area contributed by atoms with E-state index in [2.05, 4.69) is 33.0 Å². The van der Waals surface area contributed by atoms with Crippen LogP contribution in [0.4, 0.5) is 0 Å². The van der Waals surface area contributed by atoms with E-state index in [1.165, 1.54) is 6.42 Å². The third-order valence-corrected chi connectivity index (χ3v) is 2.63. The Bertz CT molecular complexity index is 125. The Hall–Kier alpha value is -0.0800. The van der Waals surface area contributed by atoms with E-state index in [9.17, 15) is 0 Å². The first-order valence-corrected chi connectivity index (χ1v) is 5.83. The van der Waals surface area contributed by atoms with Crippen LogP contribution in [-0.2, 0) is 4.74 Å².